The monoisotopic (exact) mass is 311 g/mol. The SMILES string of the molecule is CC[C@H](C)c1ccc(NC(=O)[C@H]2COc3ccccc3O2)cc1. The van der Waals surface area contributed by atoms with Gasteiger partial charge in [-0.25, -0.2) is 0 Å². The number of carbonyl (C=O) groups is 1. The second-order valence-electron chi connectivity index (χ2n) is 5.78. The molecule has 1 aliphatic heterocycles. The van der Waals surface area contributed by atoms with Gasteiger partial charge in [-0.1, -0.05) is 38.1 Å². The molecule has 4 heteroatoms. The first kappa shape index (κ1) is 15.4. The Morgan fingerprint density at radius 1 is 1.17 bits per heavy atom. The fourth-order valence-electron chi connectivity index (χ4n) is 2.50. The Bertz CT molecular complexity index is 681. The molecule has 0 unspecified atom stereocenters. The molecule has 0 saturated heterocycles. The lowest BCUT2D eigenvalue weighted by Crippen LogP contribution is -2.40. The molecular weight excluding hydrogens is 290 g/mol. The van der Waals surface area contributed by atoms with Crippen molar-refractivity contribution in [1.29, 1.82) is 0 Å². The van der Waals surface area contributed by atoms with Gasteiger partial charge in [-0.2, -0.15) is 0 Å². The number of rotatable bonds is 4. The highest BCUT2D eigenvalue weighted by molar-refractivity contribution is 5.94. The summed E-state index contributed by atoms with van der Waals surface area (Å²) in [6.45, 7) is 4.57. The molecule has 0 bridgehead atoms. The number of amides is 1. The maximum atomic E-state index is 12.3. The van der Waals surface area contributed by atoms with E-state index in [-0.39, 0.29) is 12.5 Å². The predicted octanol–water partition coefficient (Wildman–Crippen LogP) is 3.98. The molecule has 2 aromatic rings. The van der Waals surface area contributed by atoms with Gasteiger partial charge in [0.25, 0.3) is 5.91 Å². The first-order chi connectivity index (χ1) is 11.2. The molecule has 0 aromatic heterocycles. The van der Waals surface area contributed by atoms with Gasteiger partial charge in [-0.3, -0.25) is 4.79 Å². The van der Waals surface area contributed by atoms with E-state index in [4.69, 9.17) is 9.47 Å². The number of para-hydroxylation sites is 2. The zero-order valence-electron chi connectivity index (χ0n) is 13.4. The van der Waals surface area contributed by atoms with Crippen LogP contribution in [0.1, 0.15) is 31.7 Å². The van der Waals surface area contributed by atoms with E-state index in [0.717, 1.165) is 12.1 Å². The first-order valence-electron chi connectivity index (χ1n) is 7.96. The second-order valence-corrected chi connectivity index (χ2v) is 5.78. The van der Waals surface area contributed by atoms with E-state index in [2.05, 4.69) is 31.3 Å². The van der Waals surface area contributed by atoms with Gasteiger partial charge in [0.2, 0.25) is 6.10 Å². The molecule has 0 spiro atoms. The van der Waals surface area contributed by atoms with Crippen LogP contribution in [-0.2, 0) is 4.79 Å². The molecule has 0 saturated carbocycles. The third kappa shape index (κ3) is 3.47. The minimum atomic E-state index is -0.640. The van der Waals surface area contributed by atoms with Gasteiger partial charge >= 0.3 is 0 Å². The number of ether oxygens (including phenoxy) is 2. The van der Waals surface area contributed by atoms with Crippen LogP contribution in [0.3, 0.4) is 0 Å². The van der Waals surface area contributed by atoms with Crippen LogP contribution >= 0.6 is 0 Å². The van der Waals surface area contributed by atoms with Crippen LogP contribution in [0, 0.1) is 0 Å². The Kier molecular flexibility index (Phi) is 4.51. The van der Waals surface area contributed by atoms with Gasteiger partial charge < -0.3 is 14.8 Å². The van der Waals surface area contributed by atoms with Crippen LogP contribution in [0.15, 0.2) is 48.5 Å². The molecule has 1 amide bonds. The molecule has 3 rings (SSSR count). The molecule has 1 heterocycles. The van der Waals surface area contributed by atoms with E-state index in [0.29, 0.717) is 17.4 Å². The standard InChI is InChI=1S/C19H21NO3/c1-3-13(2)14-8-10-15(11-9-14)20-19(21)18-12-22-16-6-4-5-7-17(16)23-18/h4-11,13,18H,3,12H2,1-2H3,(H,20,21)/t13-,18+/m0/s1. The molecule has 23 heavy (non-hydrogen) atoms. The molecule has 0 aliphatic carbocycles. The van der Waals surface area contributed by atoms with Gasteiger partial charge in [-0.15, -0.1) is 0 Å². The number of benzene rings is 2. The summed E-state index contributed by atoms with van der Waals surface area (Å²) in [5.74, 6) is 1.60. The predicted molar refractivity (Wildman–Crippen MR) is 90.1 cm³/mol. The minimum Gasteiger partial charge on any atom is -0.485 e. The Morgan fingerprint density at radius 2 is 1.87 bits per heavy atom. The summed E-state index contributed by atoms with van der Waals surface area (Å²) in [5.41, 5.74) is 2.04. The van der Waals surface area contributed by atoms with Crippen LogP contribution in [0.2, 0.25) is 0 Å². The smallest absolute Gasteiger partial charge is 0.269 e. The van der Waals surface area contributed by atoms with Crippen LogP contribution in [0.5, 0.6) is 11.5 Å². The van der Waals surface area contributed by atoms with E-state index in [1.54, 1.807) is 6.07 Å². The average Bonchev–Trinajstić information content (AvgIpc) is 2.61. The lowest BCUT2D eigenvalue weighted by Gasteiger charge is -2.25. The van der Waals surface area contributed by atoms with E-state index >= 15 is 0 Å². The van der Waals surface area contributed by atoms with Gasteiger partial charge in [0, 0.05) is 5.69 Å². The van der Waals surface area contributed by atoms with Crippen molar-refractivity contribution in [3.63, 3.8) is 0 Å². The summed E-state index contributed by atoms with van der Waals surface area (Å²) >= 11 is 0. The number of hydrogen-bond acceptors (Lipinski definition) is 3. The Morgan fingerprint density at radius 3 is 2.57 bits per heavy atom. The fourth-order valence-corrected chi connectivity index (χ4v) is 2.50. The number of hydrogen-bond donors (Lipinski definition) is 1. The molecule has 2 atom stereocenters. The van der Waals surface area contributed by atoms with Crippen molar-refractivity contribution >= 4 is 11.6 Å². The largest absolute Gasteiger partial charge is 0.485 e. The van der Waals surface area contributed by atoms with Crippen molar-refractivity contribution in [3.8, 4) is 11.5 Å². The van der Waals surface area contributed by atoms with E-state index in [1.165, 1.54) is 5.56 Å². The van der Waals surface area contributed by atoms with Crippen molar-refractivity contribution in [2.75, 3.05) is 11.9 Å². The van der Waals surface area contributed by atoms with Crippen LogP contribution < -0.4 is 14.8 Å². The second kappa shape index (κ2) is 6.73. The zero-order valence-corrected chi connectivity index (χ0v) is 13.4. The van der Waals surface area contributed by atoms with Gasteiger partial charge in [0.15, 0.2) is 11.5 Å². The summed E-state index contributed by atoms with van der Waals surface area (Å²) in [6.07, 6.45) is 0.456. The van der Waals surface area contributed by atoms with Crippen LogP contribution in [0.4, 0.5) is 5.69 Å². The van der Waals surface area contributed by atoms with Crippen molar-refractivity contribution in [2.24, 2.45) is 0 Å². The van der Waals surface area contributed by atoms with Gasteiger partial charge in [0.1, 0.15) is 6.61 Å². The van der Waals surface area contributed by atoms with Crippen molar-refractivity contribution in [3.05, 3.63) is 54.1 Å². The lowest BCUT2D eigenvalue weighted by molar-refractivity contribution is -0.125. The quantitative estimate of drug-likeness (QED) is 0.929. The lowest BCUT2D eigenvalue weighted by atomic mass is 9.99. The third-order valence-electron chi connectivity index (χ3n) is 4.16. The van der Waals surface area contributed by atoms with Crippen molar-refractivity contribution < 1.29 is 14.3 Å². The molecule has 0 fully saturated rings. The number of nitrogens with one attached hydrogen (secondary N) is 1. The highest BCUT2D eigenvalue weighted by atomic mass is 16.6. The number of anilines is 1. The topological polar surface area (TPSA) is 47.6 Å². The molecule has 1 aliphatic rings. The summed E-state index contributed by atoms with van der Waals surface area (Å²) in [4.78, 5) is 12.3. The highest BCUT2D eigenvalue weighted by Gasteiger charge is 2.27. The molecule has 0 radical (unpaired) electrons. The summed E-state index contributed by atoms with van der Waals surface area (Å²) < 4.78 is 11.3. The molecule has 4 nitrogen and oxygen atoms in total. The molecular formula is C19H21NO3. The van der Waals surface area contributed by atoms with Gasteiger partial charge in [0.05, 0.1) is 0 Å². The maximum Gasteiger partial charge on any atom is 0.269 e. The Balaban J connectivity index is 1.64. The first-order valence-corrected chi connectivity index (χ1v) is 7.96. The molecule has 1 N–H and O–H groups in total. The van der Waals surface area contributed by atoms with Crippen molar-refractivity contribution in [2.45, 2.75) is 32.3 Å². The van der Waals surface area contributed by atoms with E-state index in [1.807, 2.05) is 30.3 Å². The summed E-state index contributed by atoms with van der Waals surface area (Å²) in [6, 6.07) is 15.3. The minimum absolute atomic E-state index is 0.198. The number of carbonyl (C=O) groups excluding carboxylic acids is 1. The fraction of sp³-hybridized carbons (Fsp3) is 0.316. The van der Waals surface area contributed by atoms with Gasteiger partial charge in [-0.05, 0) is 42.2 Å². The third-order valence-corrected chi connectivity index (χ3v) is 4.16. The van der Waals surface area contributed by atoms with Crippen LogP contribution in [0.25, 0.3) is 0 Å². The number of fused-ring (bicyclic) bond motifs is 1. The maximum absolute atomic E-state index is 12.3. The normalized spacial score (nSPS) is 17.4. The van der Waals surface area contributed by atoms with Crippen LogP contribution in [-0.4, -0.2) is 18.6 Å². The Hall–Kier alpha value is -2.49. The van der Waals surface area contributed by atoms with E-state index < -0.39 is 6.10 Å². The summed E-state index contributed by atoms with van der Waals surface area (Å²) in [5, 5.41) is 2.88. The summed E-state index contributed by atoms with van der Waals surface area (Å²) in [7, 11) is 0. The van der Waals surface area contributed by atoms with Crippen molar-refractivity contribution in [1.82, 2.24) is 0 Å². The molecule has 120 valence electrons. The highest BCUT2D eigenvalue weighted by Crippen LogP contribution is 2.31. The average molecular weight is 311 g/mol. The Labute approximate surface area is 136 Å². The van der Waals surface area contributed by atoms with E-state index in [9.17, 15) is 4.79 Å². The zero-order chi connectivity index (χ0) is 16.2. The molecule has 2 aromatic carbocycles.